The molecule has 1 amide bonds. The summed E-state index contributed by atoms with van der Waals surface area (Å²) in [4.78, 5) is 11.0. The molecule has 0 spiro atoms. The van der Waals surface area contributed by atoms with Gasteiger partial charge in [0.1, 0.15) is 0 Å². The third kappa shape index (κ3) is 4.12. The third-order valence-electron chi connectivity index (χ3n) is 2.66. The van der Waals surface area contributed by atoms with Crippen LogP contribution in [-0.4, -0.2) is 26.6 Å². The second-order valence-corrected chi connectivity index (χ2v) is 6.42. The van der Waals surface area contributed by atoms with E-state index in [9.17, 15) is 13.2 Å². The third-order valence-corrected chi connectivity index (χ3v) is 4.32. The van der Waals surface area contributed by atoms with Gasteiger partial charge in [0.2, 0.25) is 5.91 Å². The highest BCUT2D eigenvalue weighted by molar-refractivity contribution is 7.90. The molecule has 0 fully saturated rings. The van der Waals surface area contributed by atoms with E-state index < -0.39 is 15.7 Å². The molecule has 5 nitrogen and oxygen atoms in total. The zero-order valence-corrected chi connectivity index (χ0v) is 11.2. The van der Waals surface area contributed by atoms with E-state index in [-0.39, 0.29) is 11.5 Å². The van der Waals surface area contributed by atoms with Crippen LogP contribution < -0.4 is 11.5 Å². The first-order valence-electron chi connectivity index (χ1n) is 5.65. The number of hydrogen-bond donors (Lipinski definition) is 2. The van der Waals surface area contributed by atoms with Crippen LogP contribution in [0.3, 0.4) is 0 Å². The molecule has 0 bridgehead atoms. The number of primary amides is 1. The molecule has 1 aromatic carbocycles. The Kier molecular flexibility index (Phi) is 4.86. The predicted octanol–water partition coefficient (Wildman–Crippen LogP) is 0.358. The van der Waals surface area contributed by atoms with Crippen molar-refractivity contribution in [2.24, 2.45) is 11.5 Å². The second-order valence-electron chi connectivity index (χ2n) is 4.24. The highest BCUT2D eigenvalue weighted by Gasteiger charge is 2.13. The number of sulfone groups is 1. The lowest BCUT2D eigenvalue weighted by Gasteiger charge is -2.08. The second kappa shape index (κ2) is 5.97. The minimum Gasteiger partial charge on any atom is -0.366 e. The quantitative estimate of drug-likeness (QED) is 0.778. The molecule has 0 aliphatic carbocycles. The molecular formula is C12H18N2O3S. The molecule has 0 saturated carbocycles. The topological polar surface area (TPSA) is 103 Å². The van der Waals surface area contributed by atoms with Crippen LogP contribution in [0.5, 0.6) is 0 Å². The molecule has 0 aromatic heterocycles. The summed E-state index contributed by atoms with van der Waals surface area (Å²) in [6.07, 6.45) is 0.459. The summed E-state index contributed by atoms with van der Waals surface area (Å²) < 4.78 is 23.6. The van der Waals surface area contributed by atoms with Crippen molar-refractivity contribution in [3.05, 3.63) is 34.9 Å². The molecule has 0 aliphatic rings. The Balaban J connectivity index is 2.89. The fourth-order valence-electron chi connectivity index (χ4n) is 1.62. The molecule has 6 heteroatoms. The van der Waals surface area contributed by atoms with Crippen molar-refractivity contribution < 1.29 is 13.2 Å². The number of rotatable bonds is 6. The van der Waals surface area contributed by atoms with Crippen LogP contribution in [0.15, 0.2) is 18.2 Å². The van der Waals surface area contributed by atoms with Crippen LogP contribution in [0.4, 0.5) is 0 Å². The Morgan fingerprint density at radius 3 is 2.50 bits per heavy atom. The van der Waals surface area contributed by atoms with Gasteiger partial charge in [-0.1, -0.05) is 6.07 Å². The number of carbonyl (C=O) groups excluding carboxylic acids is 1. The van der Waals surface area contributed by atoms with Crippen LogP contribution >= 0.6 is 0 Å². The van der Waals surface area contributed by atoms with Gasteiger partial charge < -0.3 is 11.5 Å². The normalized spacial score (nSPS) is 11.4. The average molecular weight is 270 g/mol. The SMILES string of the molecule is Cc1cc(C(N)=O)ccc1CS(=O)(=O)CCCN. The van der Waals surface area contributed by atoms with Crippen molar-refractivity contribution in [2.75, 3.05) is 12.3 Å². The predicted molar refractivity (Wildman–Crippen MR) is 70.9 cm³/mol. The van der Waals surface area contributed by atoms with Crippen molar-refractivity contribution in [1.82, 2.24) is 0 Å². The monoisotopic (exact) mass is 270 g/mol. The largest absolute Gasteiger partial charge is 0.366 e. The van der Waals surface area contributed by atoms with Crippen LogP contribution in [-0.2, 0) is 15.6 Å². The zero-order chi connectivity index (χ0) is 13.8. The fraction of sp³-hybridized carbons (Fsp3) is 0.417. The molecule has 100 valence electrons. The van der Waals surface area contributed by atoms with Crippen LogP contribution in [0, 0.1) is 6.92 Å². The minimum atomic E-state index is -3.15. The summed E-state index contributed by atoms with van der Waals surface area (Å²) in [6, 6.07) is 4.79. The first-order chi connectivity index (χ1) is 8.35. The molecule has 18 heavy (non-hydrogen) atoms. The van der Waals surface area contributed by atoms with Crippen molar-refractivity contribution in [1.29, 1.82) is 0 Å². The molecule has 0 unspecified atom stereocenters. The van der Waals surface area contributed by atoms with E-state index in [1.807, 2.05) is 0 Å². The Labute approximate surface area is 107 Å². The van der Waals surface area contributed by atoms with Crippen LogP contribution in [0.25, 0.3) is 0 Å². The molecule has 0 aliphatic heterocycles. The lowest BCUT2D eigenvalue weighted by atomic mass is 10.1. The fourth-order valence-corrected chi connectivity index (χ4v) is 3.17. The highest BCUT2D eigenvalue weighted by Crippen LogP contribution is 2.15. The van der Waals surface area contributed by atoms with Crippen LogP contribution in [0.2, 0.25) is 0 Å². The van der Waals surface area contributed by atoms with Crippen molar-refractivity contribution in [3.8, 4) is 0 Å². The first-order valence-corrected chi connectivity index (χ1v) is 7.47. The average Bonchev–Trinajstić information content (AvgIpc) is 2.29. The van der Waals surface area contributed by atoms with Crippen molar-refractivity contribution >= 4 is 15.7 Å². The molecule has 0 heterocycles. The number of amides is 1. The maximum Gasteiger partial charge on any atom is 0.248 e. The number of aryl methyl sites for hydroxylation is 1. The number of hydrogen-bond acceptors (Lipinski definition) is 4. The van der Waals surface area contributed by atoms with Crippen molar-refractivity contribution in [2.45, 2.75) is 19.1 Å². The van der Waals surface area contributed by atoms with E-state index in [0.29, 0.717) is 24.1 Å². The van der Waals surface area contributed by atoms with E-state index in [1.165, 1.54) is 0 Å². The van der Waals surface area contributed by atoms with E-state index >= 15 is 0 Å². The van der Waals surface area contributed by atoms with Gasteiger partial charge in [-0.15, -0.1) is 0 Å². The van der Waals surface area contributed by atoms with Gasteiger partial charge in [-0.2, -0.15) is 0 Å². The van der Waals surface area contributed by atoms with Gasteiger partial charge in [0, 0.05) is 5.56 Å². The van der Waals surface area contributed by atoms with Gasteiger partial charge in [-0.05, 0) is 43.1 Å². The minimum absolute atomic E-state index is 0.0299. The lowest BCUT2D eigenvalue weighted by molar-refractivity contribution is 0.1000. The Morgan fingerprint density at radius 2 is 2.00 bits per heavy atom. The molecule has 0 atom stereocenters. The van der Waals surface area contributed by atoms with Gasteiger partial charge >= 0.3 is 0 Å². The van der Waals surface area contributed by atoms with Gasteiger partial charge in [-0.25, -0.2) is 8.42 Å². The van der Waals surface area contributed by atoms with Gasteiger partial charge in [0.25, 0.3) is 0 Å². The number of benzene rings is 1. The summed E-state index contributed by atoms with van der Waals surface area (Å²) >= 11 is 0. The maximum absolute atomic E-state index is 11.8. The van der Waals surface area contributed by atoms with Gasteiger partial charge in [0.05, 0.1) is 11.5 Å². The summed E-state index contributed by atoms with van der Waals surface area (Å²) in [6.45, 7) is 2.12. The summed E-state index contributed by atoms with van der Waals surface area (Å²) in [5.41, 5.74) is 12.3. The van der Waals surface area contributed by atoms with Gasteiger partial charge in [-0.3, -0.25) is 4.79 Å². The van der Waals surface area contributed by atoms with E-state index in [2.05, 4.69) is 0 Å². The Bertz CT molecular complexity index is 538. The zero-order valence-electron chi connectivity index (χ0n) is 10.3. The molecule has 1 rings (SSSR count). The molecule has 4 N–H and O–H groups in total. The maximum atomic E-state index is 11.8. The van der Waals surface area contributed by atoms with E-state index in [0.717, 1.165) is 5.56 Å². The first kappa shape index (κ1) is 14.7. The molecular weight excluding hydrogens is 252 g/mol. The molecule has 1 aromatic rings. The highest BCUT2D eigenvalue weighted by atomic mass is 32.2. The Hall–Kier alpha value is -1.40. The summed E-state index contributed by atoms with van der Waals surface area (Å²) in [7, 11) is -3.15. The number of nitrogens with two attached hydrogens (primary N) is 2. The van der Waals surface area contributed by atoms with Crippen molar-refractivity contribution in [3.63, 3.8) is 0 Å². The van der Waals surface area contributed by atoms with E-state index in [1.54, 1.807) is 25.1 Å². The summed E-state index contributed by atoms with van der Waals surface area (Å²) in [5.74, 6) is -0.464. The molecule has 0 saturated heterocycles. The van der Waals surface area contributed by atoms with Gasteiger partial charge in [0.15, 0.2) is 9.84 Å². The number of carbonyl (C=O) groups is 1. The standard InChI is InChI=1S/C12H18N2O3S/c1-9-7-10(12(14)15)3-4-11(9)8-18(16,17)6-2-5-13/h3-4,7H,2,5-6,8,13H2,1H3,(H2,14,15). The summed E-state index contributed by atoms with van der Waals surface area (Å²) in [5, 5.41) is 0. The molecule has 0 radical (unpaired) electrons. The van der Waals surface area contributed by atoms with E-state index in [4.69, 9.17) is 11.5 Å². The lowest BCUT2D eigenvalue weighted by Crippen LogP contribution is -2.15. The Morgan fingerprint density at radius 1 is 1.33 bits per heavy atom. The van der Waals surface area contributed by atoms with Crippen LogP contribution in [0.1, 0.15) is 27.9 Å². The smallest absolute Gasteiger partial charge is 0.248 e.